The molecule has 1 aromatic heterocycles. The summed E-state index contributed by atoms with van der Waals surface area (Å²) >= 11 is 1.55. The number of aromatic nitrogens is 2. The number of hydrogen-bond donors (Lipinski definition) is 1. The molecule has 0 aliphatic heterocycles. The highest BCUT2D eigenvalue weighted by Crippen LogP contribution is 2.25. The Morgan fingerprint density at radius 2 is 2.07 bits per heavy atom. The molecule has 0 spiro atoms. The first-order valence-electron chi connectivity index (χ1n) is 4.39. The molecule has 0 aliphatic rings. The second kappa shape index (κ2) is 3.86. The van der Waals surface area contributed by atoms with Crippen LogP contribution in [-0.4, -0.2) is 10.2 Å². The van der Waals surface area contributed by atoms with Gasteiger partial charge in [-0.1, -0.05) is 35.6 Å². The van der Waals surface area contributed by atoms with Gasteiger partial charge in [-0.25, -0.2) is 0 Å². The van der Waals surface area contributed by atoms with Crippen LogP contribution in [0, 0.1) is 6.92 Å². The monoisotopic (exact) mass is 205 g/mol. The number of nitrogens with two attached hydrogens (primary N) is 1. The first-order chi connectivity index (χ1) is 6.81. The van der Waals surface area contributed by atoms with E-state index in [-0.39, 0.29) is 0 Å². The summed E-state index contributed by atoms with van der Waals surface area (Å²) in [5.41, 5.74) is 7.85. The molecule has 0 aliphatic carbocycles. The zero-order valence-electron chi connectivity index (χ0n) is 7.90. The topological polar surface area (TPSA) is 51.8 Å². The molecule has 1 aromatic carbocycles. The quantitative estimate of drug-likeness (QED) is 0.815. The molecule has 2 aromatic rings. The lowest BCUT2D eigenvalue weighted by atomic mass is 10.1. The van der Waals surface area contributed by atoms with E-state index < -0.39 is 0 Å². The van der Waals surface area contributed by atoms with Gasteiger partial charge in [0.25, 0.3) is 0 Å². The smallest absolute Gasteiger partial charge is 0.148 e. The van der Waals surface area contributed by atoms with Crippen LogP contribution in [0.2, 0.25) is 0 Å². The minimum absolute atomic E-state index is 0.462. The predicted molar refractivity (Wildman–Crippen MR) is 58.0 cm³/mol. The van der Waals surface area contributed by atoms with Gasteiger partial charge < -0.3 is 5.73 Å². The molecule has 0 fully saturated rings. The molecule has 0 atom stereocenters. The summed E-state index contributed by atoms with van der Waals surface area (Å²) in [6, 6.07) is 8.14. The molecular weight excluding hydrogens is 194 g/mol. The standard InChI is InChI=1S/C10H11N3S/c1-7-4-2-3-5-8(7)10-13-12-9(6-11)14-10/h2-5H,6,11H2,1H3. The predicted octanol–water partition coefficient (Wildman–Crippen LogP) is 1.97. The van der Waals surface area contributed by atoms with Gasteiger partial charge in [0, 0.05) is 12.1 Å². The highest BCUT2D eigenvalue weighted by molar-refractivity contribution is 7.14. The molecule has 3 nitrogen and oxygen atoms in total. The summed E-state index contributed by atoms with van der Waals surface area (Å²) in [5.74, 6) is 0. The minimum Gasteiger partial charge on any atom is -0.324 e. The summed E-state index contributed by atoms with van der Waals surface area (Å²) in [4.78, 5) is 0. The van der Waals surface area contributed by atoms with Crippen molar-refractivity contribution in [2.75, 3.05) is 0 Å². The maximum Gasteiger partial charge on any atom is 0.148 e. The van der Waals surface area contributed by atoms with Gasteiger partial charge in [0.1, 0.15) is 10.0 Å². The average molecular weight is 205 g/mol. The molecule has 0 radical (unpaired) electrons. The normalized spacial score (nSPS) is 10.4. The third-order valence-electron chi connectivity index (χ3n) is 2.02. The van der Waals surface area contributed by atoms with Crippen LogP contribution in [0.4, 0.5) is 0 Å². The van der Waals surface area contributed by atoms with Crippen LogP contribution in [-0.2, 0) is 6.54 Å². The lowest BCUT2D eigenvalue weighted by Gasteiger charge is -1.98. The Morgan fingerprint density at radius 3 is 2.71 bits per heavy atom. The number of benzene rings is 1. The van der Waals surface area contributed by atoms with Crippen LogP contribution in [0.15, 0.2) is 24.3 Å². The molecule has 4 heteroatoms. The van der Waals surface area contributed by atoms with Crippen molar-refractivity contribution in [2.24, 2.45) is 5.73 Å². The molecule has 0 bridgehead atoms. The molecule has 0 amide bonds. The Morgan fingerprint density at radius 1 is 1.29 bits per heavy atom. The van der Waals surface area contributed by atoms with Crippen molar-refractivity contribution in [3.63, 3.8) is 0 Å². The van der Waals surface area contributed by atoms with Crippen LogP contribution in [0.5, 0.6) is 0 Å². The van der Waals surface area contributed by atoms with Gasteiger partial charge >= 0.3 is 0 Å². The summed E-state index contributed by atoms with van der Waals surface area (Å²) in [6.07, 6.45) is 0. The molecule has 14 heavy (non-hydrogen) atoms. The van der Waals surface area contributed by atoms with Gasteiger partial charge in [0.15, 0.2) is 0 Å². The Balaban J connectivity index is 2.44. The number of rotatable bonds is 2. The molecule has 0 unspecified atom stereocenters. The molecule has 0 saturated heterocycles. The summed E-state index contributed by atoms with van der Waals surface area (Å²) in [6.45, 7) is 2.53. The summed E-state index contributed by atoms with van der Waals surface area (Å²) < 4.78 is 0. The van der Waals surface area contributed by atoms with Gasteiger partial charge in [0.05, 0.1) is 0 Å². The van der Waals surface area contributed by atoms with E-state index in [2.05, 4.69) is 29.3 Å². The molecule has 2 N–H and O–H groups in total. The fraction of sp³-hybridized carbons (Fsp3) is 0.200. The third-order valence-corrected chi connectivity index (χ3v) is 3.00. The van der Waals surface area contributed by atoms with Gasteiger partial charge in [-0.2, -0.15) is 0 Å². The highest BCUT2D eigenvalue weighted by atomic mass is 32.1. The first kappa shape index (κ1) is 9.30. The van der Waals surface area contributed by atoms with Crippen molar-refractivity contribution < 1.29 is 0 Å². The Hall–Kier alpha value is -1.26. The van der Waals surface area contributed by atoms with Crippen molar-refractivity contribution in [1.82, 2.24) is 10.2 Å². The Bertz CT molecular complexity index is 436. The van der Waals surface area contributed by atoms with Crippen LogP contribution < -0.4 is 5.73 Å². The zero-order chi connectivity index (χ0) is 9.97. The van der Waals surface area contributed by atoms with E-state index in [1.54, 1.807) is 11.3 Å². The third kappa shape index (κ3) is 1.66. The average Bonchev–Trinajstić information content (AvgIpc) is 2.67. The van der Waals surface area contributed by atoms with E-state index in [1.165, 1.54) is 5.56 Å². The van der Waals surface area contributed by atoms with E-state index >= 15 is 0 Å². The lowest BCUT2D eigenvalue weighted by Crippen LogP contribution is -1.94. The molecular formula is C10H11N3S. The maximum atomic E-state index is 5.49. The largest absolute Gasteiger partial charge is 0.324 e. The van der Waals surface area contributed by atoms with Gasteiger partial charge in [-0.05, 0) is 12.5 Å². The van der Waals surface area contributed by atoms with Crippen molar-refractivity contribution in [2.45, 2.75) is 13.5 Å². The number of hydrogen-bond acceptors (Lipinski definition) is 4. The second-order valence-electron chi connectivity index (χ2n) is 3.02. The van der Waals surface area contributed by atoms with E-state index in [0.29, 0.717) is 6.54 Å². The van der Waals surface area contributed by atoms with E-state index in [1.807, 2.05) is 12.1 Å². The van der Waals surface area contributed by atoms with Crippen LogP contribution >= 0.6 is 11.3 Å². The number of aryl methyl sites for hydroxylation is 1. The van der Waals surface area contributed by atoms with Gasteiger partial charge in [0.2, 0.25) is 0 Å². The minimum atomic E-state index is 0.462. The summed E-state index contributed by atoms with van der Waals surface area (Å²) in [7, 11) is 0. The van der Waals surface area contributed by atoms with E-state index in [9.17, 15) is 0 Å². The van der Waals surface area contributed by atoms with Crippen molar-refractivity contribution >= 4 is 11.3 Å². The van der Waals surface area contributed by atoms with E-state index in [4.69, 9.17) is 5.73 Å². The Kier molecular flexibility index (Phi) is 2.56. The van der Waals surface area contributed by atoms with Gasteiger partial charge in [-0.3, -0.25) is 0 Å². The first-order valence-corrected chi connectivity index (χ1v) is 5.21. The van der Waals surface area contributed by atoms with Crippen LogP contribution in [0.1, 0.15) is 10.6 Å². The maximum absolute atomic E-state index is 5.49. The highest BCUT2D eigenvalue weighted by Gasteiger charge is 2.06. The van der Waals surface area contributed by atoms with Crippen molar-refractivity contribution in [3.05, 3.63) is 34.8 Å². The molecule has 0 saturated carbocycles. The molecule has 2 rings (SSSR count). The van der Waals surface area contributed by atoms with Crippen molar-refractivity contribution in [3.8, 4) is 10.6 Å². The zero-order valence-corrected chi connectivity index (χ0v) is 8.71. The SMILES string of the molecule is Cc1ccccc1-c1nnc(CN)s1. The van der Waals surface area contributed by atoms with Crippen molar-refractivity contribution in [1.29, 1.82) is 0 Å². The molecule has 72 valence electrons. The van der Waals surface area contributed by atoms with E-state index in [0.717, 1.165) is 15.6 Å². The fourth-order valence-corrected chi connectivity index (χ4v) is 2.07. The second-order valence-corrected chi connectivity index (χ2v) is 4.08. The Labute approximate surface area is 86.6 Å². The van der Waals surface area contributed by atoms with Gasteiger partial charge in [-0.15, -0.1) is 10.2 Å². The fourth-order valence-electron chi connectivity index (χ4n) is 1.26. The summed E-state index contributed by atoms with van der Waals surface area (Å²) in [5, 5.41) is 9.93. The molecule has 1 heterocycles. The van der Waals surface area contributed by atoms with Crippen LogP contribution in [0.25, 0.3) is 10.6 Å². The number of nitrogens with zero attached hydrogens (tertiary/aromatic N) is 2. The van der Waals surface area contributed by atoms with Crippen LogP contribution in [0.3, 0.4) is 0 Å². The lowest BCUT2D eigenvalue weighted by molar-refractivity contribution is 0.960.